The van der Waals surface area contributed by atoms with Crippen LogP contribution in [0.3, 0.4) is 0 Å². The monoisotopic (exact) mass is 395 g/mol. The Morgan fingerprint density at radius 2 is 1.90 bits per heavy atom. The first-order valence-corrected chi connectivity index (χ1v) is 6.32. The van der Waals surface area contributed by atoms with E-state index < -0.39 is 0 Å². The van der Waals surface area contributed by atoms with Gasteiger partial charge in [-0.2, -0.15) is 0 Å². The van der Waals surface area contributed by atoms with E-state index in [0.717, 1.165) is 11.5 Å². The maximum Gasteiger partial charge on any atom is 0.191 e. The molecule has 2 N–H and O–H groups in total. The minimum absolute atomic E-state index is 0. The van der Waals surface area contributed by atoms with Crippen LogP contribution in [0.2, 0.25) is 0 Å². The molecule has 1 rings (SSSR count). The number of halogens is 2. The van der Waals surface area contributed by atoms with E-state index in [1.165, 1.54) is 12.1 Å². The Hall–Kier alpha value is -0.890. The summed E-state index contributed by atoms with van der Waals surface area (Å²) in [5, 5.41) is 6.38. The van der Waals surface area contributed by atoms with E-state index in [0.29, 0.717) is 12.6 Å². The first-order valence-electron chi connectivity index (χ1n) is 6.32. The molecule has 0 amide bonds. The molecule has 20 heavy (non-hydrogen) atoms. The van der Waals surface area contributed by atoms with E-state index in [2.05, 4.69) is 15.6 Å². The zero-order valence-electron chi connectivity index (χ0n) is 12.3. The smallest absolute Gasteiger partial charge is 0.191 e. The summed E-state index contributed by atoms with van der Waals surface area (Å²) in [4.78, 5) is 4.12. The number of nitrogens with zero attached hydrogens (tertiary/aromatic N) is 1. The molecule has 0 aliphatic carbocycles. The van der Waals surface area contributed by atoms with Crippen LogP contribution < -0.4 is 10.6 Å². The lowest BCUT2D eigenvalue weighted by Crippen LogP contribution is -2.42. The van der Waals surface area contributed by atoms with Crippen LogP contribution in [0.4, 0.5) is 4.39 Å². The van der Waals surface area contributed by atoms with E-state index in [-0.39, 0.29) is 35.9 Å². The van der Waals surface area contributed by atoms with Gasteiger partial charge in [-0.3, -0.25) is 4.99 Å². The largest absolute Gasteiger partial charge is 0.375 e. The van der Waals surface area contributed by atoms with Crippen molar-refractivity contribution in [1.29, 1.82) is 0 Å². The molecule has 0 heterocycles. The summed E-state index contributed by atoms with van der Waals surface area (Å²) < 4.78 is 18.3. The molecule has 0 fully saturated rings. The standard InChI is InChI=1S/C14H22FN3O.HI/c1-10(2)18-14(16-3)17-9-13(19-4)11-5-7-12(15)8-6-11;/h5-8,10,13H,9H2,1-4H3,(H2,16,17,18);1H. The number of methoxy groups -OCH3 is 1. The Morgan fingerprint density at radius 1 is 1.30 bits per heavy atom. The van der Waals surface area contributed by atoms with Crippen molar-refractivity contribution in [3.63, 3.8) is 0 Å². The molecule has 0 spiro atoms. The molecular formula is C14H23FIN3O. The molecule has 1 unspecified atom stereocenters. The van der Waals surface area contributed by atoms with Crippen molar-refractivity contribution in [2.75, 3.05) is 20.7 Å². The van der Waals surface area contributed by atoms with Crippen molar-refractivity contribution in [3.8, 4) is 0 Å². The highest BCUT2D eigenvalue weighted by Gasteiger charge is 2.11. The summed E-state index contributed by atoms with van der Waals surface area (Å²) in [6, 6.07) is 6.62. The average Bonchev–Trinajstić information content (AvgIpc) is 2.39. The molecular weight excluding hydrogens is 372 g/mol. The van der Waals surface area contributed by atoms with E-state index in [4.69, 9.17) is 4.74 Å². The van der Waals surface area contributed by atoms with Crippen molar-refractivity contribution < 1.29 is 9.13 Å². The normalized spacial score (nSPS) is 12.8. The van der Waals surface area contributed by atoms with Gasteiger partial charge in [0, 0.05) is 26.7 Å². The summed E-state index contributed by atoms with van der Waals surface area (Å²) in [7, 11) is 3.35. The van der Waals surface area contributed by atoms with Gasteiger partial charge >= 0.3 is 0 Å². The second-order valence-corrected chi connectivity index (χ2v) is 4.53. The fourth-order valence-electron chi connectivity index (χ4n) is 1.67. The Kier molecular flexibility index (Phi) is 9.49. The first kappa shape index (κ1) is 19.1. The number of benzene rings is 1. The molecule has 0 bridgehead atoms. The molecule has 6 heteroatoms. The van der Waals surface area contributed by atoms with Crippen LogP contribution in [-0.4, -0.2) is 32.7 Å². The van der Waals surface area contributed by atoms with Crippen LogP contribution in [0.15, 0.2) is 29.3 Å². The van der Waals surface area contributed by atoms with Gasteiger partial charge in [-0.1, -0.05) is 12.1 Å². The van der Waals surface area contributed by atoms with Crippen LogP contribution >= 0.6 is 24.0 Å². The molecule has 0 saturated carbocycles. The van der Waals surface area contributed by atoms with E-state index in [9.17, 15) is 4.39 Å². The molecule has 0 aliphatic heterocycles. The number of ether oxygens (including phenoxy) is 1. The fraction of sp³-hybridized carbons (Fsp3) is 0.500. The highest BCUT2D eigenvalue weighted by Crippen LogP contribution is 2.15. The molecule has 0 aliphatic rings. The van der Waals surface area contributed by atoms with Crippen molar-refractivity contribution in [2.45, 2.75) is 26.0 Å². The quantitative estimate of drug-likeness (QED) is 0.458. The summed E-state index contributed by atoms with van der Waals surface area (Å²) >= 11 is 0. The maximum atomic E-state index is 12.9. The predicted molar refractivity (Wildman–Crippen MR) is 91.2 cm³/mol. The minimum Gasteiger partial charge on any atom is -0.375 e. The Bertz CT molecular complexity index is 409. The van der Waals surface area contributed by atoms with Gasteiger partial charge in [0.1, 0.15) is 5.82 Å². The lowest BCUT2D eigenvalue weighted by molar-refractivity contribution is 0.106. The minimum atomic E-state index is -0.246. The predicted octanol–water partition coefficient (Wildman–Crippen LogP) is 2.70. The van der Waals surface area contributed by atoms with Gasteiger partial charge < -0.3 is 15.4 Å². The van der Waals surface area contributed by atoms with Crippen LogP contribution in [0.1, 0.15) is 25.5 Å². The van der Waals surface area contributed by atoms with Gasteiger partial charge in [-0.05, 0) is 31.5 Å². The van der Waals surface area contributed by atoms with Gasteiger partial charge in [0.2, 0.25) is 0 Å². The molecule has 0 radical (unpaired) electrons. The van der Waals surface area contributed by atoms with Crippen LogP contribution in [0, 0.1) is 5.82 Å². The Morgan fingerprint density at radius 3 is 2.35 bits per heavy atom. The molecule has 114 valence electrons. The molecule has 4 nitrogen and oxygen atoms in total. The average molecular weight is 395 g/mol. The molecule has 1 aromatic carbocycles. The SMILES string of the molecule is CN=C(NCC(OC)c1ccc(F)cc1)NC(C)C.I. The number of guanidine groups is 1. The number of aliphatic imine (C=N–C) groups is 1. The van der Waals surface area contributed by atoms with Crippen molar-refractivity contribution >= 4 is 29.9 Å². The molecule has 0 aromatic heterocycles. The highest BCUT2D eigenvalue weighted by atomic mass is 127. The summed E-state index contributed by atoms with van der Waals surface area (Å²) in [5.74, 6) is 0.475. The third-order valence-electron chi connectivity index (χ3n) is 2.63. The van der Waals surface area contributed by atoms with Crippen molar-refractivity contribution in [1.82, 2.24) is 10.6 Å². The van der Waals surface area contributed by atoms with Gasteiger partial charge in [0.15, 0.2) is 5.96 Å². The summed E-state index contributed by atoms with van der Waals surface area (Å²) in [6.07, 6.45) is -0.147. The Balaban J connectivity index is 0.00000361. The molecule has 0 saturated heterocycles. The van der Waals surface area contributed by atoms with Crippen molar-refractivity contribution in [2.24, 2.45) is 4.99 Å². The van der Waals surface area contributed by atoms with E-state index in [1.54, 1.807) is 26.3 Å². The summed E-state index contributed by atoms with van der Waals surface area (Å²) in [5.41, 5.74) is 0.927. The van der Waals surface area contributed by atoms with Crippen LogP contribution in [-0.2, 0) is 4.74 Å². The maximum absolute atomic E-state index is 12.9. The topological polar surface area (TPSA) is 45.7 Å². The summed E-state index contributed by atoms with van der Waals surface area (Å²) in [6.45, 7) is 4.65. The Labute approximate surface area is 137 Å². The fourth-order valence-corrected chi connectivity index (χ4v) is 1.67. The highest BCUT2D eigenvalue weighted by molar-refractivity contribution is 14.0. The number of rotatable bonds is 5. The van der Waals surface area contributed by atoms with Gasteiger partial charge in [-0.15, -0.1) is 24.0 Å². The van der Waals surface area contributed by atoms with Gasteiger partial charge in [0.05, 0.1) is 6.10 Å². The van der Waals surface area contributed by atoms with E-state index >= 15 is 0 Å². The zero-order chi connectivity index (χ0) is 14.3. The van der Waals surface area contributed by atoms with Crippen LogP contribution in [0.5, 0.6) is 0 Å². The first-order chi connectivity index (χ1) is 9.06. The third-order valence-corrected chi connectivity index (χ3v) is 2.63. The second-order valence-electron chi connectivity index (χ2n) is 4.53. The van der Waals surface area contributed by atoms with Crippen LogP contribution in [0.25, 0.3) is 0 Å². The molecule has 1 aromatic rings. The van der Waals surface area contributed by atoms with Gasteiger partial charge in [0.25, 0.3) is 0 Å². The van der Waals surface area contributed by atoms with Gasteiger partial charge in [-0.25, -0.2) is 4.39 Å². The lowest BCUT2D eigenvalue weighted by Gasteiger charge is -2.19. The van der Waals surface area contributed by atoms with Crippen molar-refractivity contribution in [3.05, 3.63) is 35.6 Å². The third kappa shape index (κ3) is 6.51. The van der Waals surface area contributed by atoms with E-state index in [1.807, 2.05) is 13.8 Å². The zero-order valence-corrected chi connectivity index (χ0v) is 14.6. The number of nitrogens with one attached hydrogen (secondary N) is 2. The second kappa shape index (κ2) is 9.93. The lowest BCUT2D eigenvalue weighted by atomic mass is 10.1. The number of hydrogen-bond acceptors (Lipinski definition) is 2. The molecule has 1 atom stereocenters. The number of hydrogen-bond donors (Lipinski definition) is 2.